The molecule has 0 aliphatic heterocycles. The van der Waals surface area contributed by atoms with Crippen molar-refractivity contribution in [1.82, 2.24) is 4.57 Å². The van der Waals surface area contributed by atoms with Crippen LogP contribution in [0.1, 0.15) is 0 Å². The summed E-state index contributed by atoms with van der Waals surface area (Å²) < 4.78 is 4.95. The Morgan fingerprint density at radius 3 is 1.89 bits per heavy atom. The average molecular weight is 298 g/mol. The summed E-state index contributed by atoms with van der Waals surface area (Å²) in [7, 11) is 0. The molecule has 2 heteroatoms. The Morgan fingerprint density at radius 1 is 0.611 bits per heavy atom. The summed E-state index contributed by atoms with van der Waals surface area (Å²) >= 11 is 0.399. The molecule has 0 aliphatic rings. The number of benzene rings is 2. The zero-order valence-electron chi connectivity index (χ0n) is 9.86. The van der Waals surface area contributed by atoms with Gasteiger partial charge in [-0.3, -0.25) is 0 Å². The molecular weight excluding hydrogens is 285 g/mol. The van der Waals surface area contributed by atoms with Crippen LogP contribution in [-0.2, 0) is 0 Å². The topological polar surface area (TPSA) is 4.93 Å². The molecule has 0 unspecified atom stereocenters. The van der Waals surface area contributed by atoms with Crippen LogP contribution in [0.15, 0.2) is 79.1 Å². The van der Waals surface area contributed by atoms with Gasteiger partial charge in [0.2, 0.25) is 0 Å². The molecule has 0 saturated heterocycles. The van der Waals surface area contributed by atoms with Crippen LogP contribution in [0.3, 0.4) is 0 Å². The zero-order valence-corrected chi connectivity index (χ0v) is 11.6. The fourth-order valence-corrected chi connectivity index (χ4v) is 3.57. The van der Waals surface area contributed by atoms with Crippen LogP contribution >= 0.6 is 0 Å². The van der Waals surface area contributed by atoms with Crippen molar-refractivity contribution < 1.29 is 0 Å². The molecule has 0 saturated carbocycles. The zero-order chi connectivity index (χ0) is 12.2. The van der Waals surface area contributed by atoms with Crippen LogP contribution in [0, 0.1) is 0 Å². The maximum atomic E-state index is 2.22. The Bertz CT molecular complexity index is 597. The van der Waals surface area contributed by atoms with E-state index in [1.54, 1.807) is 0 Å². The van der Waals surface area contributed by atoms with Crippen molar-refractivity contribution >= 4 is 23.9 Å². The van der Waals surface area contributed by atoms with E-state index in [0.29, 0.717) is 15.0 Å². The summed E-state index contributed by atoms with van der Waals surface area (Å²) in [5, 5.41) is 0. The van der Waals surface area contributed by atoms with Crippen LogP contribution in [0.5, 0.6) is 0 Å². The van der Waals surface area contributed by atoms with Gasteiger partial charge in [-0.25, -0.2) is 0 Å². The first-order chi connectivity index (χ1) is 8.92. The van der Waals surface area contributed by atoms with Crippen LogP contribution < -0.4 is 8.92 Å². The summed E-state index contributed by atoms with van der Waals surface area (Å²) in [6, 6.07) is 23.6. The first kappa shape index (κ1) is 11.3. The molecule has 0 amide bonds. The minimum atomic E-state index is 0.399. The van der Waals surface area contributed by atoms with E-state index in [-0.39, 0.29) is 0 Å². The average Bonchev–Trinajstić information content (AvgIpc) is 2.95. The SMILES string of the molecule is c1ccc([Se]c2ccc(-n3cccc3)cc2)cc1. The summed E-state index contributed by atoms with van der Waals surface area (Å²) in [6.45, 7) is 0. The molecule has 0 spiro atoms. The fraction of sp³-hybridized carbons (Fsp3) is 0. The number of rotatable bonds is 3. The molecule has 0 atom stereocenters. The molecule has 1 aromatic heterocycles. The van der Waals surface area contributed by atoms with E-state index in [9.17, 15) is 0 Å². The van der Waals surface area contributed by atoms with Gasteiger partial charge in [0.25, 0.3) is 0 Å². The van der Waals surface area contributed by atoms with Crippen molar-refractivity contribution in [2.24, 2.45) is 0 Å². The second-order valence-corrected chi connectivity index (χ2v) is 6.41. The first-order valence-corrected chi connectivity index (χ1v) is 7.59. The van der Waals surface area contributed by atoms with E-state index >= 15 is 0 Å². The Morgan fingerprint density at radius 2 is 1.22 bits per heavy atom. The van der Waals surface area contributed by atoms with Gasteiger partial charge in [0.05, 0.1) is 0 Å². The van der Waals surface area contributed by atoms with Gasteiger partial charge < -0.3 is 0 Å². The fourth-order valence-electron chi connectivity index (χ4n) is 1.82. The van der Waals surface area contributed by atoms with Gasteiger partial charge in [0, 0.05) is 0 Å². The molecule has 0 radical (unpaired) electrons. The molecule has 1 nitrogen and oxygen atoms in total. The van der Waals surface area contributed by atoms with E-state index in [4.69, 9.17) is 0 Å². The van der Waals surface area contributed by atoms with Gasteiger partial charge in [-0.05, 0) is 0 Å². The Hall–Kier alpha value is -1.76. The Kier molecular flexibility index (Phi) is 3.31. The molecule has 0 bridgehead atoms. The summed E-state index contributed by atoms with van der Waals surface area (Å²) in [5.41, 5.74) is 1.22. The Balaban J connectivity index is 1.80. The standard InChI is InChI=1S/C16H13NSe/c1-2-6-15(7-3-1)18-16-10-8-14(9-11-16)17-12-4-5-13-17/h1-13H. The minimum absolute atomic E-state index is 0.399. The van der Waals surface area contributed by atoms with Crippen LogP contribution in [0.25, 0.3) is 5.69 Å². The second-order valence-electron chi connectivity index (χ2n) is 4.00. The molecule has 0 aliphatic carbocycles. The third-order valence-corrected chi connectivity index (χ3v) is 4.85. The van der Waals surface area contributed by atoms with Gasteiger partial charge in [-0.15, -0.1) is 0 Å². The van der Waals surface area contributed by atoms with E-state index in [1.807, 2.05) is 12.1 Å². The molecule has 0 N–H and O–H groups in total. The molecule has 0 fully saturated rings. The second kappa shape index (κ2) is 5.26. The molecule has 2 aromatic carbocycles. The van der Waals surface area contributed by atoms with Crippen molar-refractivity contribution in [3.05, 3.63) is 79.1 Å². The van der Waals surface area contributed by atoms with E-state index in [0.717, 1.165) is 0 Å². The van der Waals surface area contributed by atoms with Gasteiger partial charge >= 0.3 is 113 Å². The third-order valence-electron chi connectivity index (χ3n) is 2.72. The van der Waals surface area contributed by atoms with Crippen molar-refractivity contribution in [3.8, 4) is 5.69 Å². The van der Waals surface area contributed by atoms with Crippen LogP contribution in [0.2, 0.25) is 0 Å². The molecule has 88 valence electrons. The van der Waals surface area contributed by atoms with E-state index in [2.05, 4.69) is 71.6 Å². The predicted octanol–water partition coefficient (Wildman–Crippen LogP) is 2.13. The molecule has 3 rings (SSSR count). The van der Waals surface area contributed by atoms with Gasteiger partial charge in [0.1, 0.15) is 0 Å². The van der Waals surface area contributed by atoms with Crippen molar-refractivity contribution in [2.45, 2.75) is 0 Å². The normalized spacial score (nSPS) is 10.4. The Labute approximate surface area is 113 Å². The number of hydrogen-bond acceptors (Lipinski definition) is 0. The van der Waals surface area contributed by atoms with E-state index < -0.39 is 0 Å². The number of aromatic nitrogens is 1. The summed E-state index contributed by atoms with van der Waals surface area (Å²) in [6.07, 6.45) is 4.13. The molecular formula is C16H13NSe. The molecule has 3 aromatic rings. The molecule has 1 heterocycles. The van der Waals surface area contributed by atoms with Crippen molar-refractivity contribution in [1.29, 1.82) is 0 Å². The predicted molar refractivity (Wildman–Crippen MR) is 77.2 cm³/mol. The van der Waals surface area contributed by atoms with Gasteiger partial charge in [-0.2, -0.15) is 0 Å². The summed E-state index contributed by atoms with van der Waals surface area (Å²) in [5.74, 6) is 0. The summed E-state index contributed by atoms with van der Waals surface area (Å²) in [4.78, 5) is 0. The van der Waals surface area contributed by atoms with Gasteiger partial charge in [0.15, 0.2) is 0 Å². The number of hydrogen-bond donors (Lipinski definition) is 0. The molecule has 18 heavy (non-hydrogen) atoms. The quantitative estimate of drug-likeness (QED) is 0.653. The van der Waals surface area contributed by atoms with Crippen molar-refractivity contribution in [2.75, 3.05) is 0 Å². The van der Waals surface area contributed by atoms with Crippen molar-refractivity contribution in [3.63, 3.8) is 0 Å². The maximum absolute atomic E-state index is 2.22. The van der Waals surface area contributed by atoms with Crippen LogP contribution in [0.4, 0.5) is 0 Å². The first-order valence-electron chi connectivity index (χ1n) is 5.88. The van der Waals surface area contributed by atoms with E-state index in [1.165, 1.54) is 14.6 Å². The van der Waals surface area contributed by atoms with Gasteiger partial charge in [-0.1, -0.05) is 0 Å². The number of nitrogens with zero attached hydrogens (tertiary/aromatic N) is 1. The monoisotopic (exact) mass is 299 g/mol. The third kappa shape index (κ3) is 2.56. The van der Waals surface area contributed by atoms with Crippen LogP contribution in [-0.4, -0.2) is 19.5 Å².